The molecule has 0 spiro atoms. The summed E-state index contributed by atoms with van der Waals surface area (Å²) in [6.07, 6.45) is 4.11. The normalized spacial score (nSPS) is 16.2. The molecule has 154 valence electrons. The highest BCUT2D eigenvalue weighted by Crippen LogP contribution is 2.27. The van der Waals surface area contributed by atoms with Crippen LogP contribution in [0.1, 0.15) is 18.4 Å². The molecule has 2 amide bonds. The first kappa shape index (κ1) is 21.2. The standard InChI is InChI=1S/C23H29N3O2S/c1-25(2)19-8-6-17(7-9-19)5-4-14-24-23(28)18-15-22(27)26(16-18)20-10-12-21(29-3)13-11-20/h6-13,18H,4-5,14-16H2,1-3H3,(H,24,28). The number of anilines is 2. The van der Waals surface area contributed by atoms with Crippen LogP contribution in [0.5, 0.6) is 0 Å². The Kier molecular flexibility index (Phi) is 7.20. The summed E-state index contributed by atoms with van der Waals surface area (Å²) < 4.78 is 0. The van der Waals surface area contributed by atoms with E-state index >= 15 is 0 Å². The first-order valence-corrected chi connectivity index (χ1v) is 11.2. The molecule has 1 saturated heterocycles. The number of amides is 2. The Labute approximate surface area is 177 Å². The van der Waals surface area contributed by atoms with Crippen molar-refractivity contribution >= 4 is 35.0 Å². The van der Waals surface area contributed by atoms with Crippen molar-refractivity contribution in [2.75, 3.05) is 43.2 Å². The minimum absolute atomic E-state index is 0.0167. The molecule has 0 radical (unpaired) electrons. The fraction of sp³-hybridized carbons (Fsp3) is 0.391. The fourth-order valence-electron chi connectivity index (χ4n) is 3.50. The van der Waals surface area contributed by atoms with Crippen LogP contribution in [-0.2, 0) is 16.0 Å². The molecule has 29 heavy (non-hydrogen) atoms. The molecule has 1 atom stereocenters. The Morgan fingerprint density at radius 3 is 2.45 bits per heavy atom. The average molecular weight is 412 g/mol. The van der Waals surface area contributed by atoms with Crippen molar-refractivity contribution in [3.63, 3.8) is 0 Å². The van der Waals surface area contributed by atoms with E-state index in [1.807, 2.05) is 44.6 Å². The van der Waals surface area contributed by atoms with Gasteiger partial charge in [-0.15, -0.1) is 11.8 Å². The van der Waals surface area contributed by atoms with Gasteiger partial charge >= 0.3 is 0 Å². The van der Waals surface area contributed by atoms with Crippen LogP contribution in [0.4, 0.5) is 11.4 Å². The minimum Gasteiger partial charge on any atom is -0.378 e. The summed E-state index contributed by atoms with van der Waals surface area (Å²) in [5.74, 6) is -0.283. The van der Waals surface area contributed by atoms with Gasteiger partial charge < -0.3 is 15.1 Å². The van der Waals surface area contributed by atoms with Crippen molar-refractivity contribution in [3.8, 4) is 0 Å². The van der Waals surface area contributed by atoms with E-state index in [0.717, 1.165) is 23.4 Å². The van der Waals surface area contributed by atoms with Crippen LogP contribution in [0.15, 0.2) is 53.4 Å². The molecular weight excluding hydrogens is 382 g/mol. The van der Waals surface area contributed by atoms with E-state index in [-0.39, 0.29) is 24.2 Å². The number of thioether (sulfide) groups is 1. The number of rotatable bonds is 8. The number of nitrogens with zero attached hydrogens (tertiary/aromatic N) is 2. The van der Waals surface area contributed by atoms with Crippen LogP contribution in [0.3, 0.4) is 0 Å². The third-order valence-corrected chi connectivity index (χ3v) is 6.02. The SMILES string of the molecule is CSc1ccc(N2CC(C(=O)NCCCc3ccc(N(C)C)cc3)CC2=O)cc1. The first-order chi connectivity index (χ1) is 14.0. The Hall–Kier alpha value is -2.47. The maximum atomic E-state index is 12.5. The molecule has 3 rings (SSSR count). The quantitative estimate of drug-likeness (QED) is 0.533. The second-order valence-electron chi connectivity index (χ2n) is 7.56. The molecule has 1 heterocycles. The van der Waals surface area contributed by atoms with Gasteiger partial charge in [0.05, 0.1) is 5.92 Å². The highest BCUT2D eigenvalue weighted by atomic mass is 32.2. The number of carbonyl (C=O) groups excluding carboxylic acids is 2. The molecule has 0 bridgehead atoms. The highest BCUT2D eigenvalue weighted by Gasteiger charge is 2.34. The monoisotopic (exact) mass is 411 g/mol. The topological polar surface area (TPSA) is 52.7 Å². The van der Waals surface area contributed by atoms with E-state index < -0.39 is 0 Å². The van der Waals surface area contributed by atoms with Crippen LogP contribution < -0.4 is 15.1 Å². The summed E-state index contributed by atoms with van der Waals surface area (Å²) in [5.41, 5.74) is 3.31. The van der Waals surface area contributed by atoms with Crippen molar-refractivity contribution in [2.24, 2.45) is 5.92 Å². The number of hydrogen-bond acceptors (Lipinski definition) is 4. The molecule has 1 aliphatic rings. The zero-order valence-electron chi connectivity index (χ0n) is 17.4. The summed E-state index contributed by atoms with van der Waals surface area (Å²) in [7, 11) is 4.05. The van der Waals surface area contributed by atoms with Gasteiger partial charge in [-0.25, -0.2) is 0 Å². The van der Waals surface area contributed by atoms with Crippen LogP contribution in [0.2, 0.25) is 0 Å². The minimum atomic E-state index is -0.276. The van der Waals surface area contributed by atoms with Gasteiger partial charge in [0, 0.05) is 49.9 Å². The lowest BCUT2D eigenvalue weighted by Gasteiger charge is -2.17. The number of aryl methyl sites for hydroxylation is 1. The molecule has 2 aromatic rings. The second-order valence-corrected chi connectivity index (χ2v) is 8.44. The zero-order chi connectivity index (χ0) is 20.8. The van der Waals surface area contributed by atoms with E-state index in [2.05, 4.69) is 34.5 Å². The first-order valence-electron chi connectivity index (χ1n) is 9.96. The van der Waals surface area contributed by atoms with Gasteiger partial charge in [-0.3, -0.25) is 9.59 Å². The lowest BCUT2D eigenvalue weighted by atomic mass is 10.1. The van der Waals surface area contributed by atoms with E-state index in [1.165, 1.54) is 11.3 Å². The van der Waals surface area contributed by atoms with Gasteiger partial charge in [0.2, 0.25) is 11.8 Å². The predicted molar refractivity (Wildman–Crippen MR) is 121 cm³/mol. The summed E-state index contributed by atoms with van der Waals surface area (Å²) in [6, 6.07) is 16.4. The van der Waals surface area contributed by atoms with E-state index in [9.17, 15) is 9.59 Å². The Morgan fingerprint density at radius 1 is 1.14 bits per heavy atom. The lowest BCUT2D eigenvalue weighted by Crippen LogP contribution is -2.33. The van der Waals surface area contributed by atoms with Gasteiger partial charge in [0.1, 0.15) is 0 Å². The number of carbonyl (C=O) groups is 2. The van der Waals surface area contributed by atoms with Crippen molar-refractivity contribution in [1.82, 2.24) is 5.32 Å². The lowest BCUT2D eigenvalue weighted by molar-refractivity contribution is -0.126. The Balaban J connectivity index is 1.44. The predicted octanol–water partition coefficient (Wildman–Crippen LogP) is 3.58. The summed E-state index contributed by atoms with van der Waals surface area (Å²) in [5, 5.41) is 3.01. The molecule has 6 heteroatoms. The van der Waals surface area contributed by atoms with Gasteiger partial charge in [-0.05, 0) is 61.1 Å². The van der Waals surface area contributed by atoms with E-state index in [1.54, 1.807) is 16.7 Å². The fourth-order valence-corrected chi connectivity index (χ4v) is 3.91. The van der Waals surface area contributed by atoms with Gasteiger partial charge in [-0.1, -0.05) is 12.1 Å². The van der Waals surface area contributed by atoms with Gasteiger partial charge in [0.25, 0.3) is 0 Å². The maximum Gasteiger partial charge on any atom is 0.227 e. The molecular formula is C23H29N3O2S. The Bertz CT molecular complexity index is 834. The number of benzene rings is 2. The second kappa shape index (κ2) is 9.83. The summed E-state index contributed by atoms with van der Waals surface area (Å²) in [6.45, 7) is 1.08. The third-order valence-electron chi connectivity index (χ3n) is 5.27. The van der Waals surface area contributed by atoms with Crippen LogP contribution in [0, 0.1) is 5.92 Å². The number of hydrogen-bond donors (Lipinski definition) is 1. The van der Waals surface area contributed by atoms with Crippen molar-refractivity contribution in [3.05, 3.63) is 54.1 Å². The molecule has 0 aliphatic carbocycles. The van der Waals surface area contributed by atoms with E-state index in [4.69, 9.17) is 0 Å². The van der Waals surface area contributed by atoms with Crippen molar-refractivity contribution in [2.45, 2.75) is 24.2 Å². The van der Waals surface area contributed by atoms with Gasteiger partial charge in [-0.2, -0.15) is 0 Å². The average Bonchev–Trinajstić information content (AvgIpc) is 3.13. The van der Waals surface area contributed by atoms with Gasteiger partial charge in [0.15, 0.2) is 0 Å². The molecule has 1 aliphatic heterocycles. The molecule has 1 unspecified atom stereocenters. The summed E-state index contributed by atoms with van der Waals surface area (Å²) >= 11 is 1.67. The molecule has 0 aromatic heterocycles. The molecule has 1 fully saturated rings. The summed E-state index contributed by atoms with van der Waals surface area (Å²) in [4.78, 5) is 29.8. The van der Waals surface area contributed by atoms with Crippen LogP contribution in [-0.4, -0.2) is 45.3 Å². The highest BCUT2D eigenvalue weighted by molar-refractivity contribution is 7.98. The largest absolute Gasteiger partial charge is 0.378 e. The smallest absolute Gasteiger partial charge is 0.227 e. The van der Waals surface area contributed by atoms with Crippen molar-refractivity contribution < 1.29 is 9.59 Å². The molecule has 2 aromatic carbocycles. The zero-order valence-corrected chi connectivity index (χ0v) is 18.2. The molecule has 1 N–H and O–H groups in total. The molecule has 0 saturated carbocycles. The van der Waals surface area contributed by atoms with Crippen molar-refractivity contribution in [1.29, 1.82) is 0 Å². The van der Waals surface area contributed by atoms with Crippen LogP contribution >= 0.6 is 11.8 Å². The van der Waals surface area contributed by atoms with E-state index in [0.29, 0.717) is 13.1 Å². The van der Waals surface area contributed by atoms with Crippen LogP contribution in [0.25, 0.3) is 0 Å². The maximum absolute atomic E-state index is 12.5. The molecule has 5 nitrogen and oxygen atoms in total. The Morgan fingerprint density at radius 2 is 1.83 bits per heavy atom. The number of nitrogens with one attached hydrogen (secondary N) is 1. The third kappa shape index (κ3) is 5.54.